The molecule has 2 aliphatic rings. The van der Waals surface area contributed by atoms with Gasteiger partial charge in [0, 0.05) is 48.4 Å². The van der Waals surface area contributed by atoms with Crippen molar-refractivity contribution in [3.8, 4) is 0 Å². The van der Waals surface area contributed by atoms with Crippen LogP contribution in [0.5, 0.6) is 0 Å². The molecule has 3 heterocycles. The highest BCUT2D eigenvalue weighted by molar-refractivity contribution is 5.94. The van der Waals surface area contributed by atoms with Crippen molar-refractivity contribution in [1.29, 1.82) is 0 Å². The van der Waals surface area contributed by atoms with Gasteiger partial charge in [-0.05, 0) is 56.7 Å². The number of nitrogens with zero attached hydrogens (tertiary/aromatic N) is 3. The number of hydrazone groups is 1. The van der Waals surface area contributed by atoms with Gasteiger partial charge in [-0.1, -0.05) is 0 Å². The molecule has 27 heavy (non-hydrogen) atoms. The smallest absolute Gasteiger partial charge is 0.240 e. The van der Waals surface area contributed by atoms with Gasteiger partial charge in [0.05, 0.1) is 0 Å². The second-order valence-corrected chi connectivity index (χ2v) is 7.43. The number of carbonyl (C=O) groups excluding carboxylic acids is 2. The fourth-order valence-corrected chi connectivity index (χ4v) is 4.03. The van der Waals surface area contributed by atoms with Crippen molar-refractivity contribution in [2.24, 2.45) is 5.10 Å². The molecule has 2 aromatic rings. The Kier molecular flexibility index (Phi) is 5.18. The van der Waals surface area contributed by atoms with Gasteiger partial charge in [0.2, 0.25) is 11.8 Å². The van der Waals surface area contributed by atoms with Gasteiger partial charge in [0.15, 0.2) is 0 Å². The van der Waals surface area contributed by atoms with Gasteiger partial charge in [0.25, 0.3) is 0 Å². The van der Waals surface area contributed by atoms with E-state index >= 15 is 0 Å². The molecule has 1 fully saturated rings. The van der Waals surface area contributed by atoms with Crippen LogP contribution in [0.4, 0.5) is 0 Å². The Labute approximate surface area is 158 Å². The van der Waals surface area contributed by atoms with Crippen molar-refractivity contribution in [3.63, 3.8) is 0 Å². The second-order valence-electron chi connectivity index (χ2n) is 7.43. The minimum absolute atomic E-state index is 0.0503. The number of rotatable bonds is 5. The van der Waals surface area contributed by atoms with Crippen LogP contribution >= 0.6 is 0 Å². The van der Waals surface area contributed by atoms with Crippen LogP contribution in [0.3, 0.4) is 0 Å². The summed E-state index contributed by atoms with van der Waals surface area (Å²) in [6.45, 7) is 0. The summed E-state index contributed by atoms with van der Waals surface area (Å²) in [6, 6.07) is 6.87. The first-order valence-corrected chi connectivity index (χ1v) is 9.74. The number of nitrogens with one attached hydrogen (secondary N) is 2. The largest absolute Gasteiger partial charge is 0.353 e. The van der Waals surface area contributed by atoms with E-state index < -0.39 is 0 Å². The number of aromatic nitrogens is 2. The van der Waals surface area contributed by atoms with E-state index in [1.54, 1.807) is 0 Å². The molecule has 2 aromatic heterocycles. The third-order valence-corrected chi connectivity index (χ3v) is 5.55. The highest BCUT2D eigenvalue weighted by atomic mass is 16.2. The molecule has 0 aromatic carbocycles. The zero-order valence-electron chi connectivity index (χ0n) is 15.4. The van der Waals surface area contributed by atoms with Crippen LogP contribution < -0.4 is 10.7 Å². The summed E-state index contributed by atoms with van der Waals surface area (Å²) in [5.41, 5.74) is 4.43. The quantitative estimate of drug-likeness (QED) is 0.851. The maximum atomic E-state index is 12.2. The van der Waals surface area contributed by atoms with E-state index in [1.165, 1.54) is 5.39 Å². The number of amides is 2. The first-order valence-electron chi connectivity index (χ1n) is 9.74. The Morgan fingerprint density at radius 2 is 2.07 bits per heavy atom. The van der Waals surface area contributed by atoms with E-state index in [-0.39, 0.29) is 17.9 Å². The summed E-state index contributed by atoms with van der Waals surface area (Å²) in [4.78, 5) is 27.8. The van der Waals surface area contributed by atoms with Crippen molar-refractivity contribution in [2.45, 2.75) is 63.5 Å². The molecule has 1 aliphatic carbocycles. The average Bonchev–Trinajstić information content (AvgIpc) is 3.12. The minimum Gasteiger partial charge on any atom is -0.353 e. The fraction of sp³-hybridized carbons (Fsp3) is 0.500. The number of hydrogen-bond acceptors (Lipinski definition) is 4. The van der Waals surface area contributed by atoms with E-state index in [9.17, 15) is 9.59 Å². The van der Waals surface area contributed by atoms with Gasteiger partial charge in [-0.25, -0.2) is 10.4 Å². The fourth-order valence-electron chi connectivity index (χ4n) is 4.03. The van der Waals surface area contributed by atoms with Crippen LogP contribution in [0.2, 0.25) is 0 Å². The lowest BCUT2D eigenvalue weighted by molar-refractivity contribution is -0.122. The molecule has 142 valence electrons. The number of fused-ring (bicyclic) bond motifs is 1. The standard InChI is InChI=1S/C20H25N5O2/c26-18(9-5-16-6-10-19(27)24-23-16)22-15-3-7-17(8-4-15)25-13-11-14-2-1-12-21-20(14)25/h1-2,11-13,15,17H,3-10H2,(H,22,26)(H,24,27). The molecule has 0 atom stereocenters. The third kappa shape index (κ3) is 4.18. The number of carbonyl (C=O) groups is 2. The molecule has 7 heteroatoms. The molecular weight excluding hydrogens is 342 g/mol. The molecule has 1 aliphatic heterocycles. The molecular formula is C20H25N5O2. The van der Waals surface area contributed by atoms with Crippen LogP contribution in [-0.2, 0) is 9.59 Å². The molecule has 0 bridgehead atoms. The molecule has 7 nitrogen and oxygen atoms in total. The van der Waals surface area contributed by atoms with Crippen LogP contribution in [0.15, 0.2) is 35.7 Å². The number of pyridine rings is 1. The van der Waals surface area contributed by atoms with E-state index in [4.69, 9.17) is 0 Å². The van der Waals surface area contributed by atoms with E-state index in [1.807, 2.05) is 12.3 Å². The molecule has 0 saturated heterocycles. The van der Waals surface area contributed by atoms with Crippen LogP contribution in [0.1, 0.15) is 57.4 Å². The lowest BCUT2D eigenvalue weighted by Crippen LogP contribution is -2.38. The van der Waals surface area contributed by atoms with Crippen molar-refractivity contribution in [1.82, 2.24) is 20.3 Å². The lowest BCUT2D eigenvalue weighted by Gasteiger charge is -2.30. The normalized spacial score (nSPS) is 23.0. The van der Waals surface area contributed by atoms with Crippen LogP contribution in [0.25, 0.3) is 11.0 Å². The van der Waals surface area contributed by atoms with Gasteiger partial charge in [0.1, 0.15) is 5.65 Å². The number of hydrogen-bond donors (Lipinski definition) is 2. The summed E-state index contributed by atoms with van der Waals surface area (Å²) in [5, 5.41) is 8.36. The van der Waals surface area contributed by atoms with Crippen LogP contribution in [-0.4, -0.2) is 33.1 Å². The molecule has 1 saturated carbocycles. The van der Waals surface area contributed by atoms with E-state index in [0.29, 0.717) is 31.7 Å². The van der Waals surface area contributed by atoms with Crippen molar-refractivity contribution in [3.05, 3.63) is 30.6 Å². The van der Waals surface area contributed by atoms with Crippen molar-refractivity contribution < 1.29 is 9.59 Å². The Hall–Kier alpha value is -2.70. The van der Waals surface area contributed by atoms with Gasteiger partial charge in [-0.15, -0.1) is 0 Å². The molecule has 2 amide bonds. The predicted octanol–water partition coefficient (Wildman–Crippen LogP) is 2.68. The van der Waals surface area contributed by atoms with Gasteiger partial charge >= 0.3 is 0 Å². The molecule has 0 spiro atoms. The molecule has 0 unspecified atom stereocenters. The summed E-state index contributed by atoms with van der Waals surface area (Å²) in [6.07, 6.45) is 10.2. The average molecular weight is 367 g/mol. The van der Waals surface area contributed by atoms with E-state index in [0.717, 1.165) is 37.0 Å². The van der Waals surface area contributed by atoms with Crippen molar-refractivity contribution >= 4 is 28.6 Å². The molecule has 2 N–H and O–H groups in total. The van der Waals surface area contributed by atoms with Gasteiger partial charge < -0.3 is 9.88 Å². The highest BCUT2D eigenvalue weighted by Crippen LogP contribution is 2.31. The third-order valence-electron chi connectivity index (χ3n) is 5.55. The zero-order valence-corrected chi connectivity index (χ0v) is 15.4. The molecule has 0 radical (unpaired) electrons. The SMILES string of the molecule is O=C1CCC(CCC(=O)NC2CCC(n3ccc4cccnc43)CC2)=NN1. The minimum atomic E-state index is -0.0503. The lowest BCUT2D eigenvalue weighted by atomic mass is 9.91. The first kappa shape index (κ1) is 17.7. The second kappa shape index (κ2) is 7.90. The van der Waals surface area contributed by atoms with Gasteiger partial charge in [-0.3, -0.25) is 9.59 Å². The summed E-state index contributed by atoms with van der Waals surface area (Å²) in [5.74, 6) is 0.0248. The summed E-state index contributed by atoms with van der Waals surface area (Å²) < 4.78 is 2.28. The summed E-state index contributed by atoms with van der Waals surface area (Å²) >= 11 is 0. The molecule has 4 rings (SSSR count). The monoisotopic (exact) mass is 367 g/mol. The Bertz CT molecular complexity index is 864. The predicted molar refractivity (Wildman–Crippen MR) is 103 cm³/mol. The maximum absolute atomic E-state index is 12.2. The first-order chi connectivity index (χ1) is 13.2. The maximum Gasteiger partial charge on any atom is 0.240 e. The van der Waals surface area contributed by atoms with Crippen LogP contribution in [0, 0.1) is 0 Å². The summed E-state index contributed by atoms with van der Waals surface area (Å²) in [7, 11) is 0. The zero-order chi connectivity index (χ0) is 18.6. The van der Waals surface area contributed by atoms with Gasteiger partial charge in [-0.2, -0.15) is 5.10 Å². The van der Waals surface area contributed by atoms with E-state index in [2.05, 4.69) is 43.7 Å². The Morgan fingerprint density at radius 1 is 1.22 bits per heavy atom. The Balaban J connectivity index is 1.24. The topological polar surface area (TPSA) is 88.4 Å². The van der Waals surface area contributed by atoms with Crippen molar-refractivity contribution in [2.75, 3.05) is 0 Å². The highest BCUT2D eigenvalue weighted by Gasteiger charge is 2.24. The Morgan fingerprint density at radius 3 is 2.85 bits per heavy atom.